The van der Waals surface area contributed by atoms with E-state index in [1.165, 1.54) is 12.1 Å². The molecule has 0 amide bonds. The smallest absolute Gasteiger partial charge is 0.210 e. The summed E-state index contributed by atoms with van der Waals surface area (Å²) in [5.41, 5.74) is 1.05. The van der Waals surface area contributed by atoms with Gasteiger partial charge in [0.15, 0.2) is 0 Å². The van der Waals surface area contributed by atoms with E-state index in [1.54, 1.807) is 12.1 Å². The third-order valence-electron chi connectivity index (χ3n) is 1.47. The fourth-order valence-corrected chi connectivity index (χ4v) is 0.894. The maximum absolute atomic E-state index is 11.8. The average Bonchev–Trinajstić information content (AvgIpc) is 2.05. The summed E-state index contributed by atoms with van der Waals surface area (Å²) in [6, 6.07) is 8.09. The van der Waals surface area contributed by atoms with E-state index in [0.29, 0.717) is 11.1 Å². The minimum absolute atomic E-state index is 0.244. The first-order valence-electron chi connectivity index (χ1n) is 3.49. The van der Waals surface area contributed by atoms with Gasteiger partial charge < -0.3 is 0 Å². The van der Waals surface area contributed by atoms with Gasteiger partial charge >= 0.3 is 0 Å². The van der Waals surface area contributed by atoms with Gasteiger partial charge in [-0.3, -0.25) is 0 Å². The third kappa shape index (κ3) is 2.31. The van der Waals surface area contributed by atoms with E-state index in [2.05, 4.69) is 0 Å². The number of rotatable bonds is 2. The Bertz CT molecular complexity index is 284. The molecule has 1 rings (SSSR count). The molecule has 0 saturated heterocycles. The lowest BCUT2D eigenvalue weighted by atomic mass is 10.1. The quantitative estimate of drug-likeness (QED) is 0.663. The van der Waals surface area contributed by atoms with Gasteiger partial charge in [-0.15, -0.1) is 0 Å². The van der Waals surface area contributed by atoms with Crippen LogP contribution in [0.3, 0.4) is 0 Å². The van der Waals surface area contributed by atoms with Gasteiger partial charge in [0, 0.05) is 6.42 Å². The highest BCUT2D eigenvalue weighted by atomic mass is 19.3. The summed E-state index contributed by atoms with van der Waals surface area (Å²) in [6.45, 7) is 0. The van der Waals surface area contributed by atoms with Crippen LogP contribution in [0, 0.1) is 11.3 Å². The Labute approximate surface area is 69.2 Å². The SMILES string of the molecule is N#Cc1ccc(CC(F)F)cc1. The van der Waals surface area contributed by atoms with Crippen LogP contribution in [-0.2, 0) is 6.42 Å². The number of benzene rings is 1. The molecular weight excluding hydrogens is 160 g/mol. The standard InChI is InChI=1S/C9H7F2N/c10-9(11)5-7-1-3-8(6-12)4-2-7/h1-4,9H,5H2. The van der Waals surface area contributed by atoms with Crippen LogP contribution in [0.25, 0.3) is 0 Å². The predicted molar refractivity (Wildman–Crippen MR) is 40.9 cm³/mol. The molecule has 0 saturated carbocycles. The Morgan fingerprint density at radius 3 is 2.25 bits per heavy atom. The first-order valence-corrected chi connectivity index (χ1v) is 3.49. The Kier molecular flexibility index (Phi) is 2.76. The van der Waals surface area contributed by atoms with E-state index in [1.807, 2.05) is 6.07 Å². The summed E-state index contributed by atoms with van der Waals surface area (Å²) in [7, 11) is 0. The second kappa shape index (κ2) is 3.82. The van der Waals surface area contributed by atoms with Crippen molar-refractivity contribution in [2.45, 2.75) is 12.8 Å². The van der Waals surface area contributed by atoms with E-state index < -0.39 is 6.43 Å². The molecule has 0 atom stereocenters. The lowest BCUT2D eigenvalue weighted by Crippen LogP contribution is -1.95. The summed E-state index contributed by atoms with van der Waals surface area (Å²) in [5, 5.41) is 8.41. The Morgan fingerprint density at radius 2 is 1.83 bits per heavy atom. The number of hydrogen-bond donors (Lipinski definition) is 0. The van der Waals surface area contributed by atoms with Crippen LogP contribution >= 0.6 is 0 Å². The van der Waals surface area contributed by atoms with Crippen LogP contribution in [0.4, 0.5) is 8.78 Å². The number of nitrogens with zero attached hydrogens (tertiary/aromatic N) is 1. The van der Waals surface area contributed by atoms with Crippen molar-refractivity contribution < 1.29 is 8.78 Å². The summed E-state index contributed by atoms with van der Waals surface area (Å²) in [5.74, 6) is 0. The van der Waals surface area contributed by atoms with Crippen LogP contribution in [0.5, 0.6) is 0 Å². The van der Waals surface area contributed by atoms with E-state index in [-0.39, 0.29) is 6.42 Å². The highest BCUT2D eigenvalue weighted by Gasteiger charge is 2.03. The van der Waals surface area contributed by atoms with Gasteiger partial charge in [-0.1, -0.05) is 12.1 Å². The van der Waals surface area contributed by atoms with Crippen LogP contribution < -0.4 is 0 Å². The van der Waals surface area contributed by atoms with E-state index >= 15 is 0 Å². The Hall–Kier alpha value is -1.43. The highest BCUT2D eigenvalue weighted by molar-refractivity contribution is 5.31. The normalized spacial score (nSPS) is 9.83. The van der Waals surface area contributed by atoms with Gasteiger partial charge in [-0.05, 0) is 17.7 Å². The highest BCUT2D eigenvalue weighted by Crippen LogP contribution is 2.08. The largest absolute Gasteiger partial charge is 0.242 e. The summed E-state index contributed by atoms with van der Waals surface area (Å²) < 4.78 is 23.7. The number of halogens is 2. The molecule has 0 aliphatic rings. The third-order valence-corrected chi connectivity index (χ3v) is 1.47. The van der Waals surface area contributed by atoms with Crippen LogP contribution in [0.2, 0.25) is 0 Å². The van der Waals surface area contributed by atoms with Crippen LogP contribution in [0.15, 0.2) is 24.3 Å². The Morgan fingerprint density at radius 1 is 1.25 bits per heavy atom. The zero-order valence-corrected chi connectivity index (χ0v) is 6.30. The van der Waals surface area contributed by atoms with E-state index in [4.69, 9.17) is 5.26 Å². The summed E-state index contributed by atoms with van der Waals surface area (Å²) >= 11 is 0. The molecule has 3 heteroatoms. The fraction of sp³-hybridized carbons (Fsp3) is 0.222. The minimum atomic E-state index is -2.32. The van der Waals surface area contributed by atoms with Crippen molar-refractivity contribution in [3.05, 3.63) is 35.4 Å². The molecule has 0 heterocycles. The second-order valence-electron chi connectivity index (χ2n) is 2.40. The zero-order valence-electron chi connectivity index (χ0n) is 6.30. The number of alkyl halides is 2. The van der Waals surface area contributed by atoms with E-state index in [0.717, 1.165) is 0 Å². The molecule has 0 aromatic heterocycles. The second-order valence-corrected chi connectivity index (χ2v) is 2.40. The van der Waals surface area contributed by atoms with E-state index in [9.17, 15) is 8.78 Å². The molecule has 0 radical (unpaired) electrons. The lowest BCUT2D eigenvalue weighted by molar-refractivity contribution is 0.149. The van der Waals surface area contributed by atoms with Crippen molar-refractivity contribution in [2.75, 3.05) is 0 Å². The maximum atomic E-state index is 11.8. The molecular formula is C9H7F2N. The molecule has 0 bridgehead atoms. The predicted octanol–water partition coefficient (Wildman–Crippen LogP) is 2.37. The topological polar surface area (TPSA) is 23.8 Å². The molecule has 1 aromatic rings. The van der Waals surface area contributed by atoms with Gasteiger partial charge in [0.05, 0.1) is 11.6 Å². The molecule has 0 unspecified atom stereocenters. The Balaban J connectivity index is 2.73. The van der Waals surface area contributed by atoms with Crippen molar-refractivity contribution in [2.24, 2.45) is 0 Å². The van der Waals surface area contributed by atoms with Gasteiger partial charge in [0.1, 0.15) is 0 Å². The van der Waals surface area contributed by atoms with Crippen molar-refractivity contribution in [3.8, 4) is 6.07 Å². The maximum Gasteiger partial charge on any atom is 0.242 e. The van der Waals surface area contributed by atoms with Crippen molar-refractivity contribution in [3.63, 3.8) is 0 Å². The minimum Gasteiger partial charge on any atom is -0.210 e. The van der Waals surface area contributed by atoms with Gasteiger partial charge in [-0.2, -0.15) is 5.26 Å². The fourth-order valence-electron chi connectivity index (χ4n) is 0.894. The number of nitriles is 1. The molecule has 12 heavy (non-hydrogen) atoms. The molecule has 62 valence electrons. The van der Waals surface area contributed by atoms with Gasteiger partial charge in [0.25, 0.3) is 0 Å². The number of hydrogen-bond acceptors (Lipinski definition) is 1. The van der Waals surface area contributed by atoms with Crippen LogP contribution in [-0.4, -0.2) is 6.43 Å². The van der Waals surface area contributed by atoms with Crippen molar-refractivity contribution in [1.82, 2.24) is 0 Å². The lowest BCUT2D eigenvalue weighted by Gasteiger charge is -1.98. The molecule has 1 aromatic carbocycles. The first kappa shape index (κ1) is 8.66. The molecule has 0 spiro atoms. The average molecular weight is 167 g/mol. The monoisotopic (exact) mass is 167 g/mol. The summed E-state index contributed by atoms with van der Waals surface area (Å²) in [4.78, 5) is 0. The van der Waals surface area contributed by atoms with Crippen LogP contribution in [0.1, 0.15) is 11.1 Å². The summed E-state index contributed by atoms with van der Waals surface area (Å²) in [6.07, 6.45) is -2.57. The molecule has 0 N–H and O–H groups in total. The molecule has 0 aliphatic carbocycles. The molecule has 0 fully saturated rings. The van der Waals surface area contributed by atoms with Gasteiger partial charge in [-0.25, -0.2) is 8.78 Å². The molecule has 0 aliphatic heterocycles. The van der Waals surface area contributed by atoms with Gasteiger partial charge in [0.2, 0.25) is 6.43 Å². The first-order chi connectivity index (χ1) is 5.72. The zero-order chi connectivity index (χ0) is 8.97. The molecule has 1 nitrogen and oxygen atoms in total. The van der Waals surface area contributed by atoms with Crippen molar-refractivity contribution in [1.29, 1.82) is 5.26 Å². The van der Waals surface area contributed by atoms with Crippen molar-refractivity contribution >= 4 is 0 Å².